The summed E-state index contributed by atoms with van der Waals surface area (Å²) in [4.78, 5) is 12.2. The first-order chi connectivity index (χ1) is 11.5. The van der Waals surface area contributed by atoms with Gasteiger partial charge in [0.15, 0.2) is 0 Å². The number of rotatable bonds is 7. The second-order valence-electron chi connectivity index (χ2n) is 6.95. The molecule has 6 heteroatoms. The molecule has 0 saturated carbocycles. The van der Waals surface area contributed by atoms with E-state index in [4.69, 9.17) is 9.47 Å². The summed E-state index contributed by atoms with van der Waals surface area (Å²) in [6, 6.07) is 6.10. The maximum absolute atomic E-state index is 12.2. The predicted octanol–water partition coefficient (Wildman–Crippen LogP) is 2.83. The highest BCUT2D eigenvalue weighted by molar-refractivity contribution is 5.85. The lowest BCUT2D eigenvalue weighted by atomic mass is 10.1. The Morgan fingerprint density at radius 1 is 1.40 bits per heavy atom. The first-order valence-electron chi connectivity index (χ1n) is 8.82. The van der Waals surface area contributed by atoms with Gasteiger partial charge in [-0.1, -0.05) is 26.0 Å². The molecule has 1 heterocycles. The molecule has 1 aliphatic rings. The first kappa shape index (κ1) is 21.7. The van der Waals surface area contributed by atoms with Gasteiger partial charge in [-0.05, 0) is 37.8 Å². The minimum atomic E-state index is -0.409. The zero-order chi connectivity index (χ0) is 17.5. The largest absolute Gasteiger partial charge is 0.490 e. The Kier molecular flexibility index (Phi) is 9.25. The van der Waals surface area contributed by atoms with Crippen LogP contribution in [0, 0.1) is 12.8 Å². The van der Waals surface area contributed by atoms with Crippen LogP contribution in [0.2, 0.25) is 0 Å². The molecular weight excluding hydrogens is 340 g/mol. The molecule has 0 spiro atoms. The van der Waals surface area contributed by atoms with Crippen LogP contribution in [-0.4, -0.2) is 37.8 Å². The standard InChI is InChI=1S/C19H30N2O3.ClH/c1-13(2)9-15(4)24-17-10-14(3)5-6-16(17)11-21-19(22)18-12-20-7-8-23-18;/h5-6,10,13,15,18,20H,7-9,11-12H2,1-4H3,(H,21,22);1H. The minimum absolute atomic E-state index is 0. The van der Waals surface area contributed by atoms with E-state index in [1.54, 1.807) is 0 Å². The van der Waals surface area contributed by atoms with Gasteiger partial charge in [0.2, 0.25) is 0 Å². The highest BCUT2D eigenvalue weighted by Crippen LogP contribution is 2.23. The van der Waals surface area contributed by atoms with Crippen molar-refractivity contribution in [2.24, 2.45) is 5.92 Å². The van der Waals surface area contributed by atoms with Crippen molar-refractivity contribution < 1.29 is 14.3 Å². The molecule has 5 nitrogen and oxygen atoms in total. The number of benzene rings is 1. The molecule has 25 heavy (non-hydrogen) atoms. The van der Waals surface area contributed by atoms with E-state index >= 15 is 0 Å². The summed E-state index contributed by atoms with van der Waals surface area (Å²) in [5.74, 6) is 1.36. The summed E-state index contributed by atoms with van der Waals surface area (Å²) in [7, 11) is 0. The van der Waals surface area contributed by atoms with Crippen LogP contribution in [0.15, 0.2) is 18.2 Å². The number of carbonyl (C=O) groups excluding carboxylic acids is 1. The monoisotopic (exact) mass is 370 g/mol. The molecule has 0 aromatic heterocycles. The summed E-state index contributed by atoms with van der Waals surface area (Å²) < 4.78 is 11.6. The summed E-state index contributed by atoms with van der Waals surface area (Å²) in [6.07, 6.45) is 0.738. The molecule has 1 aliphatic heterocycles. The molecule has 1 aromatic carbocycles. The third-order valence-electron chi connectivity index (χ3n) is 4.03. The quantitative estimate of drug-likeness (QED) is 0.774. The van der Waals surface area contributed by atoms with Gasteiger partial charge in [-0.15, -0.1) is 12.4 Å². The predicted molar refractivity (Wildman–Crippen MR) is 102 cm³/mol. The third kappa shape index (κ3) is 7.22. The highest BCUT2D eigenvalue weighted by atomic mass is 35.5. The van der Waals surface area contributed by atoms with Gasteiger partial charge in [-0.3, -0.25) is 4.79 Å². The number of hydrogen-bond acceptors (Lipinski definition) is 4. The van der Waals surface area contributed by atoms with Crippen LogP contribution in [0.4, 0.5) is 0 Å². The molecule has 1 saturated heterocycles. The van der Waals surface area contributed by atoms with Crippen LogP contribution in [0.25, 0.3) is 0 Å². The second kappa shape index (κ2) is 10.6. The number of ether oxygens (including phenoxy) is 2. The summed E-state index contributed by atoms with van der Waals surface area (Å²) >= 11 is 0. The SMILES string of the molecule is Cc1ccc(CNC(=O)C2CNCCO2)c(OC(C)CC(C)C)c1.Cl. The van der Waals surface area contributed by atoms with Crippen molar-refractivity contribution in [2.75, 3.05) is 19.7 Å². The number of halogens is 1. The molecule has 2 rings (SSSR count). The van der Waals surface area contributed by atoms with Crippen LogP contribution in [0.5, 0.6) is 5.75 Å². The van der Waals surface area contributed by atoms with E-state index in [0.717, 1.165) is 29.8 Å². The number of morpholine rings is 1. The fourth-order valence-corrected chi connectivity index (χ4v) is 2.88. The number of carbonyl (C=O) groups is 1. The fourth-order valence-electron chi connectivity index (χ4n) is 2.88. The van der Waals surface area contributed by atoms with Crippen molar-refractivity contribution in [3.05, 3.63) is 29.3 Å². The number of nitrogens with one attached hydrogen (secondary N) is 2. The molecule has 0 radical (unpaired) electrons. The van der Waals surface area contributed by atoms with Crippen molar-refractivity contribution >= 4 is 18.3 Å². The minimum Gasteiger partial charge on any atom is -0.490 e. The maximum atomic E-state index is 12.2. The second-order valence-corrected chi connectivity index (χ2v) is 6.95. The number of amides is 1. The van der Waals surface area contributed by atoms with Crippen molar-refractivity contribution in [1.82, 2.24) is 10.6 Å². The normalized spacial score (nSPS) is 18.4. The van der Waals surface area contributed by atoms with Gasteiger partial charge in [0, 0.05) is 25.2 Å². The van der Waals surface area contributed by atoms with Crippen molar-refractivity contribution in [3.8, 4) is 5.75 Å². The first-order valence-corrected chi connectivity index (χ1v) is 8.82. The highest BCUT2D eigenvalue weighted by Gasteiger charge is 2.21. The van der Waals surface area contributed by atoms with Gasteiger partial charge in [-0.25, -0.2) is 0 Å². The Morgan fingerprint density at radius 2 is 2.16 bits per heavy atom. The molecule has 142 valence electrons. The van der Waals surface area contributed by atoms with E-state index in [0.29, 0.717) is 25.6 Å². The van der Waals surface area contributed by atoms with E-state index in [1.165, 1.54) is 0 Å². The van der Waals surface area contributed by atoms with E-state index in [1.807, 2.05) is 25.1 Å². The molecule has 1 amide bonds. The van der Waals surface area contributed by atoms with E-state index in [-0.39, 0.29) is 24.4 Å². The Labute approximate surface area is 157 Å². The molecular formula is C19H31ClN2O3. The summed E-state index contributed by atoms with van der Waals surface area (Å²) in [5, 5.41) is 6.13. The lowest BCUT2D eigenvalue weighted by molar-refractivity contribution is -0.134. The van der Waals surface area contributed by atoms with Gasteiger partial charge >= 0.3 is 0 Å². The fraction of sp³-hybridized carbons (Fsp3) is 0.632. The van der Waals surface area contributed by atoms with Crippen LogP contribution in [-0.2, 0) is 16.1 Å². The third-order valence-corrected chi connectivity index (χ3v) is 4.03. The molecule has 0 aliphatic carbocycles. The van der Waals surface area contributed by atoms with Crippen LogP contribution >= 0.6 is 12.4 Å². The summed E-state index contributed by atoms with van der Waals surface area (Å²) in [6.45, 7) is 10.9. The zero-order valence-electron chi connectivity index (χ0n) is 15.6. The number of hydrogen-bond donors (Lipinski definition) is 2. The van der Waals surface area contributed by atoms with Gasteiger partial charge in [0.05, 0.1) is 12.7 Å². The summed E-state index contributed by atoms with van der Waals surface area (Å²) in [5.41, 5.74) is 2.14. The smallest absolute Gasteiger partial charge is 0.250 e. The Morgan fingerprint density at radius 3 is 2.80 bits per heavy atom. The van der Waals surface area contributed by atoms with Crippen LogP contribution in [0.3, 0.4) is 0 Å². The van der Waals surface area contributed by atoms with E-state index < -0.39 is 6.10 Å². The Bertz CT molecular complexity index is 545. The van der Waals surface area contributed by atoms with Crippen molar-refractivity contribution in [1.29, 1.82) is 0 Å². The molecule has 1 aromatic rings. The van der Waals surface area contributed by atoms with Crippen LogP contribution in [0.1, 0.15) is 38.3 Å². The molecule has 2 N–H and O–H groups in total. The topological polar surface area (TPSA) is 59.6 Å². The average Bonchev–Trinajstić information content (AvgIpc) is 2.54. The van der Waals surface area contributed by atoms with Gasteiger partial charge < -0.3 is 20.1 Å². The Hall–Kier alpha value is -1.30. The maximum Gasteiger partial charge on any atom is 0.250 e. The molecule has 2 atom stereocenters. The average molecular weight is 371 g/mol. The number of aryl methyl sites for hydroxylation is 1. The molecule has 0 bridgehead atoms. The van der Waals surface area contributed by atoms with Gasteiger partial charge in [-0.2, -0.15) is 0 Å². The molecule has 2 unspecified atom stereocenters. The Balaban J connectivity index is 0.00000312. The molecule has 1 fully saturated rings. The van der Waals surface area contributed by atoms with Gasteiger partial charge in [0.25, 0.3) is 5.91 Å². The zero-order valence-corrected chi connectivity index (χ0v) is 16.4. The lowest BCUT2D eigenvalue weighted by Crippen LogP contribution is -2.47. The van der Waals surface area contributed by atoms with Crippen molar-refractivity contribution in [3.63, 3.8) is 0 Å². The van der Waals surface area contributed by atoms with E-state index in [2.05, 4.69) is 31.4 Å². The van der Waals surface area contributed by atoms with E-state index in [9.17, 15) is 4.79 Å². The van der Waals surface area contributed by atoms with Crippen molar-refractivity contribution in [2.45, 2.75) is 52.9 Å². The lowest BCUT2D eigenvalue weighted by Gasteiger charge is -2.23. The van der Waals surface area contributed by atoms with Gasteiger partial charge in [0.1, 0.15) is 11.9 Å². The van der Waals surface area contributed by atoms with Crippen LogP contribution < -0.4 is 15.4 Å².